The smallest absolute Gasteiger partial charge is 0.250 e. The number of nitrogens with zero attached hydrogens (tertiary/aromatic N) is 2. The molecule has 0 saturated carbocycles. The van der Waals surface area contributed by atoms with Crippen molar-refractivity contribution in [2.75, 3.05) is 26.2 Å². The molecule has 0 aromatic rings. The van der Waals surface area contributed by atoms with E-state index >= 15 is 0 Å². The number of rotatable bonds is 1. The molecule has 2 fully saturated rings. The molecule has 2 saturated heterocycles. The molecule has 1 spiro atoms. The summed E-state index contributed by atoms with van der Waals surface area (Å²) in [6.07, 6.45) is 1.74. The van der Waals surface area contributed by atoms with Crippen LogP contribution in [0.25, 0.3) is 5.32 Å². The van der Waals surface area contributed by atoms with Gasteiger partial charge in [0, 0.05) is 39.3 Å². The zero-order valence-corrected chi connectivity index (χ0v) is 12.4. The van der Waals surface area contributed by atoms with Crippen LogP contribution in [0.1, 0.15) is 19.8 Å². The Morgan fingerprint density at radius 2 is 2.07 bits per heavy atom. The fraction of sp³-hybridized carbons (Fsp3) is 0.800. The van der Waals surface area contributed by atoms with Crippen LogP contribution in [0.4, 0.5) is 0 Å². The Kier molecular flexibility index (Phi) is 6.49. The molecule has 2 aliphatic rings. The van der Waals surface area contributed by atoms with E-state index in [1.807, 2.05) is 11.8 Å². The zero-order valence-electron chi connectivity index (χ0n) is 9.53. The molecule has 2 rings (SSSR count). The van der Waals surface area contributed by atoms with Crippen LogP contribution in [0.15, 0.2) is 0 Å². The molecule has 0 aliphatic carbocycles. The van der Waals surface area contributed by atoms with Gasteiger partial charge in [0.25, 0.3) is 5.91 Å². The first kappa shape index (κ1) is 15.5. The molecule has 0 unspecified atom stereocenters. The van der Waals surface area contributed by atoms with Crippen molar-refractivity contribution in [3.05, 3.63) is 12.7 Å². The van der Waals surface area contributed by atoms with Gasteiger partial charge in [0.15, 0.2) is 0 Å². The molecule has 1 radical (unpaired) electrons. The van der Waals surface area contributed by atoms with E-state index in [0.29, 0.717) is 0 Å². The average molecular weight is 287 g/mol. The van der Waals surface area contributed by atoms with Gasteiger partial charge in [-0.1, -0.05) is 0 Å². The third-order valence-corrected chi connectivity index (χ3v) is 2.89. The standard InChI is InChI=1S/C9H15N2O2.CH3.Y/c1-2-11-8(12)7-13-9(11)3-5-10-6-4-9;;/h2-7H2,1H3;1H3;/q2*-1;. The van der Waals surface area contributed by atoms with Crippen molar-refractivity contribution >= 4 is 5.91 Å². The predicted octanol–water partition coefficient (Wildman–Crippen LogP) is 1.18. The summed E-state index contributed by atoms with van der Waals surface area (Å²) >= 11 is 0. The van der Waals surface area contributed by atoms with Crippen LogP contribution in [0.2, 0.25) is 0 Å². The van der Waals surface area contributed by atoms with E-state index in [-0.39, 0.29) is 58.4 Å². The molecule has 1 amide bonds. The minimum atomic E-state index is -0.298. The van der Waals surface area contributed by atoms with Crippen molar-refractivity contribution in [3.63, 3.8) is 0 Å². The van der Waals surface area contributed by atoms with Crippen molar-refractivity contribution in [2.45, 2.75) is 25.5 Å². The molecular weight excluding hydrogens is 269 g/mol. The van der Waals surface area contributed by atoms with Crippen LogP contribution in [-0.2, 0) is 42.2 Å². The number of likely N-dealkylation sites (N-methyl/N-ethyl adjacent to an activating group) is 1. The number of hydrogen-bond acceptors (Lipinski definition) is 2. The maximum Gasteiger partial charge on any atom is 0.250 e. The van der Waals surface area contributed by atoms with Gasteiger partial charge in [0.2, 0.25) is 0 Å². The van der Waals surface area contributed by atoms with E-state index in [2.05, 4.69) is 5.32 Å². The molecule has 4 nitrogen and oxygen atoms in total. The van der Waals surface area contributed by atoms with Crippen LogP contribution < -0.4 is 0 Å². The number of piperidine rings is 1. The first-order valence-electron chi connectivity index (χ1n) is 4.86. The number of amides is 1. The molecule has 15 heavy (non-hydrogen) atoms. The summed E-state index contributed by atoms with van der Waals surface area (Å²) in [5, 5.41) is 4.27. The topological polar surface area (TPSA) is 43.6 Å². The Morgan fingerprint density at radius 1 is 1.47 bits per heavy atom. The third kappa shape index (κ3) is 2.79. The van der Waals surface area contributed by atoms with Gasteiger partial charge < -0.3 is 22.4 Å². The van der Waals surface area contributed by atoms with Gasteiger partial charge in [0.1, 0.15) is 12.3 Å². The Bertz CT molecular complexity index is 217. The summed E-state index contributed by atoms with van der Waals surface area (Å²) in [6, 6.07) is 0. The van der Waals surface area contributed by atoms with Crippen LogP contribution in [0.3, 0.4) is 0 Å². The molecule has 0 aromatic heterocycles. The van der Waals surface area contributed by atoms with Gasteiger partial charge in [-0.15, -0.1) is 13.1 Å². The van der Waals surface area contributed by atoms with E-state index in [1.54, 1.807) is 0 Å². The monoisotopic (exact) mass is 287 g/mol. The fourth-order valence-electron chi connectivity index (χ4n) is 2.20. The summed E-state index contributed by atoms with van der Waals surface area (Å²) in [4.78, 5) is 13.3. The second kappa shape index (κ2) is 6.28. The van der Waals surface area contributed by atoms with Gasteiger partial charge in [-0.05, 0) is 19.8 Å². The second-order valence-electron chi connectivity index (χ2n) is 3.54. The van der Waals surface area contributed by atoms with Crippen molar-refractivity contribution in [1.29, 1.82) is 0 Å². The molecule has 0 atom stereocenters. The van der Waals surface area contributed by atoms with Gasteiger partial charge >= 0.3 is 0 Å². The number of carbonyl (C=O) groups excluding carboxylic acids is 1. The van der Waals surface area contributed by atoms with Gasteiger partial charge in [-0.25, -0.2) is 0 Å². The number of carbonyl (C=O) groups is 1. The van der Waals surface area contributed by atoms with Gasteiger partial charge in [-0.2, -0.15) is 0 Å². The Hall–Kier alpha value is 0.494. The van der Waals surface area contributed by atoms with Crippen LogP contribution in [-0.4, -0.2) is 42.8 Å². The minimum absolute atomic E-state index is 0. The van der Waals surface area contributed by atoms with Crippen LogP contribution >= 0.6 is 0 Å². The van der Waals surface area contributed by atoms with Crippen LogP contribution in [0.5, 0.6) is 0 Å². The van der Waals surface area contributed by atoms with Gasteiger partial charge in [-0.3, -0.25) is 4.79 Å². The summed E-state index contributed by atoms with van der Waals surface area (Å²) < 4.78 is 5.61. The molecule has 0 aromatic carbocycles. The van der Waals surface area contributed by atoms with E-state index in [0.717, 1.165) is 32.5 Å². The molecule has 2 aliphatic heterocycles. The Balaban J connectivity index is 0.000000980. The molecule has 0 bridgehead atoms. The molecular formula is C10H18N2O2Y-2. The molecule has 2 heterocycles. The van der Waals surface area contributed by atoms with E-state index in [4.69, 9.17) is 4.74 Å². The zero-order chi connectivity index (χ0) is 9.31. The number of hydrogen-bond donors (Lipinski definition) is 0. The summed E-state index contributed by atoms with van der Waals surface area (Å²) in [5.41, 5.74) is -0.298. The maximum atomic E-state index is 11.4. The normalized spacial score (nSPS) is 23.5. The number of ether oxygens (including phenoxy) is 1. The Morgan fingerprint density at radius 3 is 2.60 bits per heavy atom. The largest absolute Gasteiger partial charge is 0.662 e. The van der Waals surface area contributed by atoms with Crippen molar-refractivity contribution in [3.8, 4) is 0 Å². The van der Waals surface area contributed by atoms with E-state index in [9.17, 15) is 4.79 Å². The van der Waals surface area contributed by atoms with Crippen LogP contribution in [0, 0.1) is 7.43 Å². The minimum Gasteiger partial charge on any atom is -0.662 e. The maximum absolute atomic E-state index is 11.4. The average Bonchev–Trinajstić information content (AvgIpc) is 2.45. The SMILES string of the molecule is CCN1C(=O)COC12CC[N-]CC2.[CH3-].[Y]. The predicted molar refractivity (Wildman–Crippen MR) is 54.8 cm³/mol. The van der Waals surface area contributed by atoms with Crippen molar-refractivity contribution < 1.29 is 42.2 Å². The summed E-state index contributed by atoms with van der Waals surface area (Å²) in [7, 11) is 0. The third-order valence-electron chi connectivity index (χ3n) is 2.89. The van der Waals surface area contributed by atoms with Crippen molar-refractivity contribution in [1.82, 2.24) is 4.90 Å². The Labute approximate surface area is 117 Å². The first-order chi connectivity index (χ1) is 6.28. The first-order valence-corrected chi connectivity index (χ1v) is 4.86. The molecule has 5 heteroatoms. The second-order valence-corrected chi connectivity index (χ2v) is 3.54. The van der Waals surface area contributed by atoms with Crippen molar-refractivity contribution in [2.24, 2.45) is 0 Å². The fourth-order valence-corrected chi connectivity index (χ4v) is 2.20. The molecule has 85 valence electrons. The van der Waals surface area contributed by atoms with E-state index in [1.165, 1.54) is 0 Å². The van der Waals surface area contributed by atoms with E-state index < -0.39 is 0 Å². The summed E-state index contributed by atoms with van der Waals surface area (Å²) in [5.74, 6) is 0.129. The molecule has 0 N–H and O–H groups in total. The van der Waals surface area contributed by atoms with Gasteiger partial charge in [0.05, 0.1) is 0 Å². The summed E-state index contributed by atoms with van der Waals surface area (Å²) in [6.45, 7) is 4.65. The quantitative estimate of drug-likeness (QED) is 0.680.